The fourth-order valence-corrected chi connectivity index (χ4v) is 4.28. The molecule has 2 fully saturated rings. The lowest BCUT2D eigenvalue weighted by molar-refractivity contribution is -0.112. The van der Waals surface area contributed by atoms with Crippen LogP contribution in [0.4, 0.5) is 5.69 Å². The number of methoxy groups -OCH3 is 1. The Morgan fingerprint density at radius 1 is 1.22 bits per heavy atom. The van der Waals surface area contributed by atoms with Gasteiger partial charge in [-0.15, -0.1) is 0 Å². The van der Waals surface area contributed by atoms with Gasteiger partial charge in [0.05, 0.1) is 36.0 Å². The zero-order valence-electron chi connectivity index (χ0n) is 16.0. The maximum Gasteiger partial charge on any atom is 0.123 e. The molecule has 7 nitrogen and oxygen atoms in total. The Morgan fingerprint density at radius 2 is 2.11 bits per heavy atom. The Hall–Kier alpha value is -2.25. The summed E-state index contributed by atoms with van der Waals surface area (Å²) in [5.41, 5.74) is 3.21. The van der Waals surface area contributed by atoms with E-state index in [4.69, 9.17) is 4.74 Å². The Labute approximate surface area is 159 Å². The van der Waals surface area contributed by atoms with E-state index < -0.39 is 0 Å². The lowest BCUT2D eigenvalue weighted by atomic mass is 9.94. The topological polar surface area (TPSA) is 63.5 Å². The number of hydrogen-bond acceptors (Lipinski definition) is 6. The summed E-state index contributed by atoms with van der Waals surface area (Å²) in [5, 5.41) is 4.49. The molecule has 2 unspecified atom stereocenters. The second-order valence-corrected chi connectivity index (χ2v) is 7.56. The van der Waals surface area contributed by atoms with Gasteiger partial charge in [0.2, 0.25) is 0 Å². The molecule has 4 heterocycles. The van der Waals surface area contributed by atoms with Gasteiger partial charge in [-0.2, -0.15) is 5.10 Å². The number of anilines is 1. The Balaban J connectivity index is 1.67. The lowest BCUT2D eigenvalue weighted by Crippen LogP contribution is -2.53. The molecule has 2 saturated heterocycles. The first-order valence-corrected chi connectivity index (χ1v) is 9.64. The number of aldehydes is 1. The first-order valence-electron chi connectivity index (χ1n) is 9.64. The number of ether oxygens (including phenoxy) is 1. The molecule has 144 valence electrons. The number of aromatic nitrogens is 3. The van der Waals surface area contributed by atoms with Gasteiger partial charge in [-0.05, 0) is 37.8 Å². The largest absolute Gasteiger partial charge is 0.380 e. The molecule has 0 aliphatic carbocycles. The predicted molar refractivity (Wildman–Crippen MR) is 103 cm³/mol. The van der Waals surface area contributed by atoms with Crippen LogP contribution in [0.1, 0.15) is 24.8 Å². The number of likely N-dealkylation sites (tertiary alicyclic amines) is 1. The zero-order valence-corrected chi connectivity index (χ0v) is 16.0. The van der Waals surface area contributed by atoms with E-state index in [2.05, 4.69) is 19.9 Å². The molecule has 0 saturated carbocycles. The average Bonchev–Trinajstić information content (AvgIpc) is 3.36. The van der Waals surface area contributed by atoms with Crippen LogP contribution >= 0.6 is 0 Å². The summed E-state index contributed by atoms with van der Waals surface area (Å²) in [5.74, 6) is 0.111. The number of aryl methyl sites for hydroxylation is 1. The van der Waals surface area contributed by atoms with Crippen molar-refractivity contribution in [3.63, 3.8) is 0 Å². The van der Waals surface area contributed by atoms with Gasteiger partial charge in [-0.3, -0.25) is 9.88 Å². The van der Waals surface area contributed by atoms with Crippen LogP contribution in [-0.4, -0.2) is 65.0 Å². The predicted octanol–water partition coefficient (Wildman–Crippen LogP) is 2.04. The van der Waals surface area contributed by atoms with Gasteiger partial charge >= 0.3 is 0 Å². The van der Waals surface area contributed by atoms with E-state index in [1.807, 2.05) is 36.3 Å². The van der Waals surface area contributed by atoms with Crippen molar-refractivity contribution < 1.29 is 9.53 Å². The lowest BCUT2D eigenvalue weighted by Gasteiger charge is -2.44. The van der Waals surface area contributed by atoms with Gasteiger partial charge in [-0.25, -0.2) is 4.68 Å². The Morgan fingerprint density at radius 3 is 2.81 bits per heavy atom. The molecule has 3 atom stereocenters. The number of piperidine rings is 1. The minimum atomic E-state index is 0.111. The smallest absolute Gasteiger partial charge is 0.123 e. The monoisotopic (exact) mass is 369 g/mol. The summed E-state index contributed by atoms with van der Waals surface area (Å²) < 4.78 is 7.48. The normalized spacial score (nSPS) is 26.4. The summed E-state index contributed by atoms with van der Waals surface area (Å²) in [7, 11) is 1.78. The van der Waals surface area contributed by atoms with Crippen molar-refractivity contribution in [1.82, 2.24) is 19.7 Å². The third-order valence-corrected chi connectivity index (χ3v) is 5.78. The molecule has 0 spiro atoms. The van der Waals surface area contributed by atoms with E-state index in [-0.39, 0.29) is 18.2 Å². The minimum Gasteiger partial charge on any atom is -0.380 e. The van der Waals surface area contributed by atoms with E-state index in [1.165, 1.54) is 0 Å². The van der Waals surface area contributed by atoms with E-state index >= 15 is 0 Å². The van der Waals surface area contributed by atoms with Crippen LogP contribution in [0, 0.1) is 12.8 Å². The molecule has 0 radical (unpaired) electrons. The van der Waals surface area contributed by atoms with Crippen LogP contribution in [0.15, 0.2) is 30.9 Å². The van der Waals surface area contributed by atoms with Crippen LogP contribution < -0.4 is 4.90 Å². The second-order valence-electron chi connectivity index (χ2n) is 7.56. The Kier molecular flexibility index (Phi) is 5.22. The summed E-state index contributed by atoms with van der Waals surface area (Å²) in [6.07, 6.45) is 11.9. The van der Waals surface area contributed by atoms with Crippen LogP contribution in [0.25, 0.3) is 5.69 Å². The molecule has 2 aliphatic heterocycles. The highest BCUT2D eigenvalue weighted by Crippen LogP contribution is 2.34. The van der Waals surface area contributed by atoms with Crippen molar-refractivity contribution in [2.75, 3.05) is 31.6 Å². The van der Waals surface area contributed by atoms with Crippen molar-refractivity contribution >= 4 is 12.0 Å². The highest BCUT2D eigenvalue weighted by atomic mass is 16.5. The van der Waals surface area contributed by atoms with E-state index in [1.54, 1.807) is 13.3 Å². The Bertz CT molecular complexity index is 792. The van der Waals surface area contributed by atoms with Crippen molar-refractivity contribution in [3.05, 3.63) is 36.4 Å². The van der Waals surface area contributed by atoms with Crippen molar-refractivity contribution in [2.24, 2.45) is 5.92 Å². The van der Waals surface area contributed by atoms with Crippen molar-refractivity contribution in [1.29, 1.82) is 0 Å². The highest BCUT2D eigenvalue weighted by Gasteiger charge is 2.37. The molecule has 0 amide bonds. The fourth-order valence-electron chi connectivity index (χ4n) is 4.28. The highest BCUT2D eigenvalue weighted by molar-refractivity contribution is 5.63. The average molecular weight is 369 g/mol. The number of carbonyl (C=O) groups is 1. The maximum absolute atomic E-state index is 11.5. The van der Waals surface area contributed by atoms with Crippen LogP contribution in [0.3, 0.4) is 0 Å². The third kappa shape index (κ3) is 3.61. The van der Waals surface area contributed by atoms with Gasteiger partial charge in [0, 0.05) is 45.1 Å². The van der Waals surface area contributed by atoms with Gasteiger partial charge < -0.3 is 14.4 Å². The standard InChI is InChI=1S/C20H27N5O2/c1-15-10-22-25(12-15)18-3-6-21-11-19(18)24-8-4-16(14-26)9-20(24)23-7-5-17(13-23)27-2/h3,6,10-12,14,16-17,20H,4-5,7-9,13H2,1-2H3/t16?,17-,20?/m1/s1. The molecule has 2 aliphatic rings. The summed E-state index contributed by atoms with van der Waals surface area (Å²) in [4.78, 5) is 20.7. The van der Waals surface area contributed by atoms with Crippen molar-refractivity contribution in [3.8, 4) is 5.69 Å². The van der Waals surface area contributed by atoms with E-state index in [9.17, 15) is 4.79 Å². The quantitative estimate of drug-likeness (QED) is 0.752. The number of pyridine rings is 1. The van der Waals surface area contributed by atoms with Gasteiger partial charge in [0.25, 0.3) is 0 Å². The maximum atomic E-state index is 11.5. The second kappa shape index (κ2) is 7.78. The minimum absolute atomic E-state index is 0.111. The first-order chi connectivity index (χ1) is 13.2. The molecule has 4 rings (SSSR count). The number of rotatable bonds is 5. The number of hydrogen-bond donors (Lipinski definition) is 0. The molecule has 7 heteroatoms. The van der Waals surface area contributed by atoms with Crippen LogP contribution in [0.2, 0.25) is 0 Å². The summed E-state index contributed by atoms with van der Waals surface area (Å²) in [6.45, 7) is 4.76. The van der Waals surface area contributed by atoms with Crippen LogP contribution in [-0.2, 0) is 9.53 Å². The third-order valence-electron chi connectivity index (χ3n) is 5.78. The van der Waals surface area contributed by atoms with Crippen LogP contribution in [0.5, 0.6) is 0 Å². The molecular weight excluding hydrogens is 342 g/mol. The molecular formula is C20H27N5O2. The van der Waals surface area contributed by atoms with Crippen molar-refractivity contribution in [2.45, 2.75) is 38.5 Å². The van der Waals surface area contributed by atoms with Gasteiger partial charge in [0.15, 0.2) is 0 Å². The van der Waals surface area contributed by atoms with E-state index in [0.29, 0.717) is 0 Å². The SMILES string of the molecule is CO[C@@H]1CCN(C2CC(C=O)CCN2c2cnccc2-n2cc(C)cn2)C1. The molecule has 0 aromatic carbocycles. The summed E-state index contributed by atoms with van der Waals surface area (Å²) in [6, 6.07) is 2.01. The molecule has 2 aromatic rings. The van der Waals surface area contributed by atoms with Gasteiger partial charge in [0.1, 0.15) is 6.29 Å². The molecule has 2 aromatic heterocycles. The number of carbonyl (C=O) groups excluding carboxylic acids is 1. The molecule has 0 N–H and O–H groups in total. The summed E-state index contributed by atoms with van der Waals surface area (Å²) >= 11 is 0. The fraction of sp³-hybridized carbons (Fsp3) is 0.550. The first kappa shape index (κ1) is 18.1. The van der Waals surface area contributed by atoms with E-state index in [0.717, 1.165) is 62.1 Å². The molecule has 27 heavy (non-hydrogen) atoms. The number of nitrogens with zero attached hydrogens (tertiary/aromatic N) is 5. The van der Waals surface area contributed by atoms with Gasteiger partial charge in [-0.1, -0.05) is 0 Å². The zero-order chi connectivity index (χ0) is 18.8. The molecule has 0 bridgehead atoms.